The van der Waals surface area contributed by atoms with Crippen LogP contribution in [0.4, 0.5) is 5.69 Å². The summed E-state index contributed by atoms with van der Waals surface area (Å²) in [6, 6.07) is 7.41. The van der Waals surface area contributed by atoms with Crippen LogP contribution in [0.25, 0.3) is 21.7 Å². The molecule has 16 heavy (non-hydrogen) atoms. The van der Waals surface area contributed by atoms with Crippen LogP contribution in [-0.2, 0) is 0 Å². The fourth-order valence-corrected chi connectivity index (χ4v) is 1.87. The molecule has 3 rings (SSSR count). The molecule has 0 amide bonds. The summed E-state index contributed by atoms with van der Waals surface area (Å²) in [7, 11) is 0. The van der Waals surface area contributed by atoms with Gasteiger partial charge in [-0.3, -0.25) is 9.78 Å². The van der Waals surface area contributed by atoms with Gasteiger partial charge in [-0.1, -0.05) is 6.07 Å². The summed E-state index contributed by atoms with van der Waals surface area (Å²) in [5.41, 5.74) is 6.39. The Morgan fingerprint density at radius 2 is 2.06 bits per heavy atom. The van der Waals surface area contributed by atoms with Crippen LogP contribution in [0.1, 0.15) is 0 Å². The fourth-order valence-electron chi connectivity index (χ4n) is 1.87. The van der Waals surface area contributed by atoms with Crippen LogP contribution in [0.3, 0.4) is 0 Å². The highest BCUT2D eigenvalue weighted by Crippen LogP contribution is 2.23. The molecule has 0 saturated carbocycles. The lowest BCUT2D eigenvalue weighted by atomic mass is 10.1. The molecule has 4 nitrogen and oxygen atoms in total. The minimum atomic E-state index is -0.249. The molecule has 1 aromatic carbocycles. The Balaban J connectivity index is 2.60. The molecule has 78 valence electrons. The average Bonchev–Trinajstić information content (AvgIpc) is 2.31. The maximum Gasteiger partial charge on any atom is 0.271 e. The molecular weight excluding hydrogens is 202 g/mol. The van der Waals surface area contributed by atoms with Crippen molar-refractivity contribution in [3.63, 3.8) is 0 Å². The van der Waals surface area contributed by atoms with Crippen molar-refractivity contribution in [3.05, 3.63) is 47.0 Å². The molecule has 0 atom stereocenters. The van der Waals surface area contributed by atoms with Crippen LogP contribution in [0.15, 0.2) is 41.5 Å². The molecule has 0 aliphatic carbocycles. The second-order valence-corrected chi connectivity index (χ2v) is 3.68. The highest BCUT2D eigenvalue weighted by Gasteiger charge is 2.03. The molecule has 2 aromatic heterocycles. The Morgan fingerprint density at radius 3 is 2.94 bits per heavy atom. The van der Waals surface area contributed by atoms with Gasteiger partial charge in [0.15, 0.2) is 0 Å². The van der Waals surface area contributed by atoms with Crippen LogP contribution in [-0.4, -0.2) is 9.97 Å². The maximum absolute atomic E-state index is 11.4. The van der Waals surface area contributed by atoms with Crippen LogP contribution >= 0.6 is 0 Å². The minimum Gasteiger partial charge on any atom is -0.394 e. The molecule has 0 aliphatic rings. The molecule has 0 bridgehead atoms. The van der Waals surface area contributed by atoms with Crippen LogP contribution < -0.4 is 11.3 Å². The molecule has 3 aromatic rings. The predicted octanol–water partition coefficient (Wildman–Crippen LogP) is 1.66. The van der Waals surface area contributed by atoms with Crippen molar-refractivity contribution in [2.75, 3.05) is 5.73 Å². The van der Waals surface area contributed by atoms with E-state index in [9.17, 15) is 4.79 Å². The van der Waals surface area contributed by atoms with Gasteiger partial charge in [0, 0.05) is 28.7 Å². The highest BCUT2D eigenvalue weighted by atomic mass is 16.1. The van der Waals surface area contributed by atoms with Crippen molar-refractivity contribution in [1.82, 2.24) is 9.97 Å². The third kappa shape index (κ3) is 1.16. The van der Waals surface area contributed by atoms with Crippen LogP contribution in [0.5, 0.6) is 0 Å². The van der Waals surface area contributed by atoms with E-state index < -0.39 is 0 Å². The van der Waals surface area contributed by atoms with Gasteiger partial charge in [-0.15, -0.1) is 0 Å². The first-order valence-corrected chi connectivity index (χ1v) is 4.91. The molecule has 0 aliphatic heterocycles. The first-order chi connectivity index (χ1) is 7.75. The summed E-state index contributed by atoms with van der Waals surface area (Å²) in [6.07, 6.45) is 3.51. The van der Waals surface area contributed by atoms with Crippen molar-refractivity contribution < 1.29 is 0 Å². The van der Waals surface area contributed by atoms with E-state index in [2.05, 4.69) is 9.97 Å². The van der Waals surface area contributed by atoms with E-state index >= 15 is 0 Å². The smallest absolute Gasteiger partial charge is 0.271 e. The molecular formula is C12H9N3O. The molecule has 0 radical (unpaired) electrons. The number of hydrogen-bond acceptors (Lipinski definition) is 3. The monoisotopic (exact) mass is 211 g/mol. The second kappa shape index (κ2) is 3.06. The Labute approximate surface area is 90.7 Å². The number of nitrogen functional groups attached to an aromatic ring is 1. The van der Waals surface area contributed by atoms with Gasteiger partial charge in [-0.2, -0.15) is 0 Å². The van der Waals surface area contributed by atoms with E-state index in [1.54, 1.807) is 18.5 Å². The fraction of sp³-hybridized carbons (Fsp3) is 0. The van der Waals surface area contributed by atoms with Crippen molar-refractivity contribution >= 4 is 27.4 Å². The predicted molar refractivity (Wildman–Crippen MR) is 64.3 cm³/mol. The number of hydrogen-bond donors (Lipinski definition) is 2. The Hall–Kier alpha value is -2.36. The number of anilines is 1. The topological polar surface area (TPSA) is 71.8 Å². The summed E-state index contributed by atoms with van der Waals surface area (Å²) in [5.74, 6) is 0. The summed E-state index contributed by atoms with van der Waals surface area (Å²) in [5, 5.41) is 3.01. The van der Waals surface area contributed by atoms with Crippen molar-refractivity contribution in [3.8, 4) is 0 Å². The Bertz CT molecular complexity index is 746. The maximum atomic E-state index is 11.4. The number of aromatic amines is 1. The van der Waals surface area contributed by atoms with Crippen molar-refractivity contribution in [1.29, 1.82) is 0 Å². The first-order valence-electron chi connectivity index (χ1n) is 4.91. The van der Waals surface area contributed by atoms with E-state index in [4.69, 9.17) is 5.73 Å². The number of aromatic nitrogens is 2. The van der Waals surface area contributed by atoms with E-state index in [0.29, 0.717) is 0 Å². The Morgan fingerprint density at radius 1 is 1.19 bits per heavy atom. The van der Waals surface area contributed by atoms with E-state index in [-0.39, 0.29) is 11.2 Å². The van der Waals surface area contributed by atoms with E-state index in [0.717, 1.165) is 21.7 Å². The van der Waals surface area contributed by atoms with Crippen molar-refractivity contribution in [2.45, 2.75) is 0 Å². The summed E-state index contributed by atoms with van der Waals surface area (Å²) in [4.78, 5) is 18.2. The van der Waals surface area contributed by atoms with Gasteiger partial charge >= 0.3 is 0 Å². The lowest BCUT2D eigenvalue weighted by Gasteiger charge is -2.03. The first kappa shape index (κ1) is 8.91. The zero-order chi connectivity index (χ0) is 11.1. The van der Waals surface area contributed by atoms with Gasteiger partial charge in [0.2, 0.25) is 0 Å². The third-order valence-electron chi connectivity index (χ3n) is 2.67. The number of H-pyrrole nitrogens is 1. The van der Waals surface area contributed by atoms with Crippen LogP contribution in [0.2, 0.25) is 0 Å². The number of nitrogens with two attached hydrogens (primary N) is 1. The third-order valence-corrected chi connectivity index (χ3v) is 2.67. The largest absolute Gasteiger partial charge is 0.394 e. The molecule has 0 saturated heterocycles. The number of nitrogens with one attached hydrogen (secondary N) is 1. The standard InChI is InChI=1S/C12H9N3O/c13-10-5-9-8-3-4-14-6-7(8)1-2-11(9)15-12(10)16/h1-6H,13H2,(H,15,16). The average molecular weight is 211 g/mol. The van der Waals surface area contributed by atoms with Crippen LogP contribution in [0, 0.1) is 0 Å². The number of rotatable bonds is 0. The molecule has 0 unspecified atom stereocenters. The summed E-state index contributed by atoms with van der Waals surface area (Å²) < 4.78 is 0. The van der Waals surface area contributed by atoms with Gasteiger partial charge in [0.25, 0.3) is 5.56 Å². The molecule has 0 spiro atoms. The van der Waals surface area contributed by atoms with Gasteiger partial charge in [-0.05, 0) is 23.6 Å². The van der Waals surface area contributed by atoms with Gasteiger partial charge in [0.1, 0.15) is 0 Å². The molecule has 3 N–H and O–H groups in total. The number of fused-ring (bicyclic) bond motifs is 3. The number of nitrogens with zero attached hydrogens (tertiary/aromatic N) is 1. The van der Waals surface area contributed by atoms with Gasteiger partial charge < -0.3 is 10.7 Å². The summed E-state index contributed by atoms with van der Waals surface area (Å²) in [6.45, 7) is 0. The lowest BCUT2D eigenvalue weighted by molar-refractivity contribution is 1.31. The molecule has 0 fully saturated rings. The molecule has 4 heteroatoms. The zero-order valence-electron chi connectivity index (χ0n) is 8.40. The van der Waals surface area contributed by atoms with E-state index in [1.807, 2.05) is 18.2 Å². The SMILES string of the molecule is Nc1cc2c(ccc3cnccc32)[nH]c1=O. The van der Waals surface area contributed by atoms with Gasteiger partial charge in [0.05, 0.1) is 5.69 Å². The normalized spacial score (nSPS) is 11.0. The summed E-state index contributed by atoms with van der Waals surface area (Å²) >= 11 is 0. The zero-order valence-corrected chi connectivity index (χ0v) is 8.40. The van der Waals surface area contributed by atoms with Gasteiger partial charge in [-0.25, -0.2) is 0 Å². The quantitative estimate of drug-likeness (QED) is 0.555. The Kier molecular flexibility index (Phi) is 1.71. The highest BCUT2D eigenvalue weighted by molar-refractivity contribution is 6.06. The lowest BCUT2D eigenvalue weighted by Crippen LogP contribution is -2.10. The number of pyridine rings is 2. The minimum absolute atomic E-state index is 0.233. The molecule has 2 heterocycles. The van der Waals surface area contributed by atoms with Crippen molar-refractivity contribution in [2.24, 2.45) is 0 Å². The number of benzene rings is 1. The van der Waals surface area contributed by atoms with E-state index in [1.165, 1.54) is 0 Å². The second-order valence-electron chi connectivity index (χ2n) is 3.68.